The summed E-state index contributed by atoms with van der Waals surface area (Å²) in [5.74, 6) is 1.01. The minimum Gasteiger partial charge on any atom is -0.507 e. The molecule has 0 aliphatic heterocycles. The maximum atomic E-state index is 11.0. The van der Waals surface area contributed by atoms with Gasteiger partial charge in [0.1, 0.15) is 11.5 Å². The summed E-state index contributed by atoms with van der Waals surface area (Å²) in [5, 5.41) is 17.1. The van der Waals surface area contributed by atoms with Crippen molar-refractivity contribution in [1.82, 2.24) is 9.88 Å². The zero-order valence-electron chi connectivity index (χ0n) is 20.4. The van der Waals surface area contributed by atoms with Crippen molar-refractivity contribution >= 4 is 44.8 Å². The van der Waals surface area contributed by atoms with Gasteiger partial charge in [-0.2, -0.15) is 0 Å². The smallest absolute Gasteiger partial charge is 0.123 e. The highest BCUT2D eigenvalue weighted by Gasteiger charge is 2.16. The number of nitrogens with one attached hydrogen (secondary N) is 1. The van der Waals surface area contributed by atoms with E-state index in [1.54, 1.807) is 13.2 Å². The Labute approximate surface area is 217 Å². The summed E-state index contributed by atoms with van der Waals surface area (Å²) < 4.78 is 5.49. The van der Waals surface area contributed by atoms with Gasteiger partial charge >= 0.3 is 0 Å². The van der Waals surface area contributed by atoms with Gasteiger partial charge in [-0.15, -0.1) is 19.7 Å². The number of nitrogens with zero attached hydrogens (tertiary/aromatic N) is 2. The summed E-state index contributed by atoms with van der Waals surface area (Å²) in [5.41, 5.74) is 4.95. The van der Waals surface area contributed by atoms with E-state index in [4.69, 9.17) is 21.3 Å². The third kappa shape index (κ3) is 5.38. The lowest BCUT2D eigenvalue weighted by Gasteiger charge is -2.22. The fourth-order valence-electron chi connectivity index (χ4n) is 4.38. The van der Waals surface area contributed by atoms with Crippen LogP contribution < -0.4 is 10.1 Å². The highest BCUT2D eigenvalue weighted by molar-refractivity contribution is 6.31. The minimum atomic E-state index is 0.275. The van der Waals surface area contributed by atoms with Crippen LogP contribution >= 0.6 is 11.6 Å². The molecule has 184 valence electrons. The maximum Gasteiger partial charge on any atom is 0.123 e. The Morgan fingerprint density at radius 3 is 2.39 bits per heavy atom. The van der Waals surface area contributed by atoms with Crippen LogP contribution in [-0.2, 0) is 13.0 Å². The van der Waals surface area contributed by atoms with Crippen molar-refractivity contribution in [3.05, 3.63) is 103 Å². The number of phenolic OH excluding ortho intramolecular Hbond substituents is 1. The summed E-state index contributed by atoms with van der Waals surface area (Å²) in [6, 6.07) is 15.4. The van der Waals surface area contributed by atoms with E-state index in [-0.39, 0.29) is 5.75 Å². The highest BCUT2D eigenvalue weighted by atomic mass is 35.5. The van der Waals surface area contributed by atoms with E-state index in [1.165, 1.54) is 0 Å². The number of phenols is 1. The number of aromatic nitrogens is 1. The second-order valence-corrected chi connectivity index (χ2v) is 9.00. The van der Waals surface area contributed by atoms with Gasteiger partial charge in [-0.1, -0.05) is 29.8 Å². The standard InChI is InChI=1S/C30H30ClN3O2/c1-5-8-20-15-23(16-21(30(20)35)19-34(13-6-2)14-7-3)32-29-25-11-9-22(31)17-28(25)33-27-12-10-24(36-4)18-26(27)29/h5-7,9-12,15-18,35H,1-3,8,13-14,19H2,4H3,(H,32,33). The zero-order chi connectivity index (χ0) is 25.7. The lowest BCUT2D eigenvalue weighted by Crippen LogP contribution is -2.23. The lowest BCUT2D eigenvalue weighted by molar-refractivity contribution is 0.320. The van der Waals surface area contributed by atoms with Gasteiger partial charge in [-0.25, -0.2) is 4.98 Å². The van der Waals surface area contributed by atoms with Crippen molar-refractivity contribution in [3.8, 4) is 11.5 Å². The molecule has 4 rings (SSSR count). The number of hydrogen-bond acceptors (Lipinski definition) is 5. The van der Waals surface area contributed by atoms with Crippen molar-refractivity contribution in [2.75, 3.05) is 25.5 Å². The molecule has 0 aliphatic carbocycles. The first kappa shape index (κ1) is 25.3. The summed E-state index contributed by atoms with van der Waals surface area (Å²) in [6.07, 6.45) is 6.03. The second kappa shape index (κ2) is 11.3. The van der Waals surface area contributed by atoms with Crippen molar-refractivity contribution in [2.45, 2.75) is 13.0 Å². The molecule has 1 heterocycles. The average molecular weight is 500 g/mol. The predicted octanol–water partition coefficient (Wildman–Crippen LogP) is 7.40. The van der Waals surface area contributed by atoms with E-state index < -0.39 is 0 Å². The van der Waals surface area contributed by atoms with Crippen LogP contribution in [0.2, 0.25) is 5.02 Å². The molecule has 0 saturated carbocycles. The molecule has 0 amide bonds. The summed E-state index contributed by atoms with van der Waals surface area (Å²) in [6.45, 7) is 13.5. The molecule has 0 fully saturated rings. The molecular formula is C30H30ClN3O2. The van der Waals surface area contributed by atoms with E-state index in [0.717, 1.165) is 50.1 Å². The largest absolute Gasteiger partial charge is 0.507 e. The second-order valence-electron chi connectivity index (χ2n) is 8.56. The predicted molar refractivity (Wildman–Crippen MR) is 152 cm³/mol. The molecule has 0 bridgehead atoms. The molecular weight excluding hydrogens is 470 g/mol. The molecule has 3 aromatic carbocycles. The number of aromatic hydroxyl groups is 1. The van der Waals surface area contributed by atoms with Crippen LogP contribution in [0.5, 0.6) is 11.5 Å². The summed E-state index contributed by atoms with van der Waals surface area (Å²) in [4.78, 5) is 6.97. The van der Waals surface area contributed by atoms with Crippen molar-refractivity contribution < 1.29 is 9.84 Å². The summed E-state index contributed by atoms with van der Waals surface area (Å²) in [7, 11) is 1.65. The molecule has 0 aliphatic rings. The molecule has 0 unspecified atom stereocenters. The molecule has 0 atom stereocenters. The number of rotatable bonds is 11. The normalized spacial score (nSPS) is 11.1. The third-order valence-electron chi connectivity index (χ3n) is 6.01. The first-order valence-electron chi connectivity index (χ1n) is 11.7. The maximum absolute atomic E-state index is 11.0. The third-order valence-corrected chi connectivity index (χ3v) is 6.25. The number of pyridine rings is 1. The van der Waals surface area contributed by atoms with E-state index in [1.807, 2.05) is 60.7 Å². The van der Waals surface area contributed by atoms with E-state index in [2.05, 4.69) is 30.0 Å². The van der Waals surface area contributed by atoms with Crippen LogP contribution in [0, 0.1) is 0 Å². The van der Waals surface area contributed by atoms with E-state index >= 15 is 0 Å². The zero-order valence-corrected chi connectivity index (χ0v) is 21.2. The van der Waals surface area contributed by atoms with Gasteiger partial charge in [0, 0.05) is 52.2 Å². The van der Waals surface area contributed by atoms with Gasteiger partial charge < -0.3 is 15.2 Å². The Balaban J connectivity index is 1.88. The number of hydrogen-bond donors (Lipinski definition) is 2. The Morgan fingerprint density at radius 1 is 0.944 bits per heavy atom. The first-order valence-corrected chi connectivity index (χ1v) is 12.1. The molecule has 0 saturated heterocycles. The first-order chi connectivity index (χ1) is 17.5. The number of allylic oxidation sites excluding steroid dienone is 1. The van der Waals surface area contributed by atoms with Gasteiger partial charge in [0.2, 0.25) is 0 Å². The average Bonchev–Trinajstić information content (AvgIpc) is 2.86. The molecule has 6 heteroatoms. The molecule has 1 aromatic heterocycles. The topological polar surface area (TPSA) is 57.6 Å². The van der Waals surface area contributed by atoms with E-state index in [9.17, 15) is 5.11 Å². The Bertz CT molecular complexity index is 1440. The SMILES string of the molecule is C=CCc1cc(Nc2c3ccc(Cl)cc3nc3ccc(OC)cc23)cc(CN(CC=C)CC=C)c1O. The van der Waals surface area contributed by atoms with Crippen LogP contribution in [0.1, 0.15) is 11.1 Å². The van der Waals surface area contributed by atoms with Gasteiger partial charge in [0.25, 0.3) is 0 Å². The fraction of sp³-hybridized carbons (Fsp3) is 0.167. The van der Waals surface area contributed by atoms with Crippen LogP contribution in [0.15, 0.2) is 86.5 Å². The Hall–Kier alpha value is -3.80. The van der Waals surface area contributed by atoms with Gasteiger partial charge in [0.05, 0.1) is 23.8 Å². The van der Waals surface area contributed by atoms with Crippen LogP contribution in [0.25, 0.3) is 21.8 Å². The molecule has 4 aromatic rings. The fourth-order valence-corrected chi connectivity index (χ4v) is 4.54. The quantitative estimate of drug-likeness (QED) is 0.128. The number of ether oxygens (including phenoxy) is 1. The van der Waals surface area contributed by atoms with Gasteiger partial charge in [-0.05, 0) is 55.0 Å². The number of fused-ring (bicyclic) bond motifs is 2. The van der Waals surface area contributed by atoms with Crippen molar-refractivity contribution in [3.63, 3.8) is 0 Å². The monoisotopic (exact) mass is 499 g/mol. The van der Waals surface area contributed by atoms with Gasteiger partial charge in [-0.3, -0.25) is 4.90 Å². The molecule has 5 nitrogen and oxygen atoms in total. The van der Waals surface area contributed by atoms with Gasteiger partial charge in [0.15, 0.2) is 0 Å². The van der Waals surface area contributed by atoms with Crippen LogP contribution in [-0.4, -0.2) is 35.2 Å². The molecule has 36 heavy (non-hydrogen) atoms. The number of halogens is 1. The van der Waals surface area contributed by atoms with Crippen molar-refractivity contribution in [1.29, 1.82) is 0 Å². The number of benzene rings is 3. The highest BCUT2D eigenvalue weighted by Crippen LogP contribution is 2.38. The van der Waals surface area contributed by atoms with Crippen LogP contribution in [0.4, 0.5) is 11.4 Å². The van der Waals surface area contributed by atoms with Crippen molar-refractivity contribution in [2.24, 2.45) is 0 Å². The van der Waals surface area contributed by atoms with Crippen LogP contribution in [0.3, 0.4) is 0 Å². The Kier molecular flexibility index (Phi) is 7.93. The minimum absolute atomic E-state index is 0.275. The molecule has 2 N–H and O–H groups in total. The van der Waals surface area contributed by atoms with E-state index in [0.29, 0.717) is 31.1 Å². The molecule has 0 radical (unpaired) electrons. The summed E-state index contributed by atoms with van der Waals surface area (Å²) >= 11 is 6.29. The number of methoxy groups -OCH3 is 1. The lowest BCUT2D eigenvalue weighted by atomic mass is 10.0. The number of anilines is 2. The molecule has 0 spiro atoms. The Morgan fingerprint density at radius 2 is 1.69 bits per heavy atom.